The molecule has 10 heteroatoms. The number of hydrogen-bond acceptors (Lipinski definition) is 4. The van der Waals surface area contributed by atoms with Gasteiger partial charge < -0.3 is 10.2 Å². The van der Waals surface area contributed by atoms with Crippen LogP contribution in [0.25, 0.3) is 0 Å². The van der Waals surface area contributed by atoms with E-state index in [1.807, 2.05) is 38.1 Å². The molecule has 7 nitrogen and oxygen atoms in total. The summed E-state index contributed by atoms with van der Waals surface area (Å²) in [5.74, 6) is -0.843. The van der Waals surface area contributed by atoms with Gasteiger partial charge in [-0.1, -0.05) is 60.8 Å². The summed E-state index contributed by atoms with van der Waals surface area (Å²) in [4.78, 5) is 27.7. The molecule has 2 rings (SSSR count). The molecule has 0 aliphatic heterocycles. The fraction of sp³-hybridized carbons (Fsp3) is 0.417. The van der Waals surface area contributed by atoms with E-state index in [0.29, 0.717) is 6.54 Å². The van der Waals surface area contributed by atoms with Crippen LogP contribution < -0.4 is 9.62 Å². The van der Waals surface area contributed by atoms with Crippen molar-refractivity contribution in [3.05, 3.63) is 63.6 Å². The Hall–Kier alpha value is -2.29. The van der Waals surface area contributed by atoms with Crippen molar-refractivity contribution >= 4 is 50.7 Å². The quantitative estimate of drug-likeness (QED) is 0.438. The van der Waals surface area contributed by atoms with Crippen LogP contribution in [-0.4, -0.2) is 50.5 Å². The Morgan fingerprint density at radius 1 is 1.12 bits per heavy atom. The zero-order valence-corrected chi connectivity index (χ0v) is 22.2. The Kier molecular flexibility index (Phi) is 10.2. The van der Waals surface area contributed by atoms with Gasteiger partial charge in [-0.2, -0.15) is 0 Å². The number of aryl methyl sites for hydroxylation is 1. The fourth-order valence-electron chi connectivity index (χ4n) is 3.36. The van der Waals surface area contributed by atoms with Crippen molar-refractivity contribution < 1.29 is 18.0 Å². The van der Waals surface area contributed by atoms with Crippen LogP contribution in [0, 0.1) is 6.92 Å². The second-order valence-corrected chi connectivity index (χ2v) is 10.9. The third-order valence-corrected chi connectivity index (χ3v) is 7.14. The Morgan fingerprint density at radius 2 is 1.79 bits per heavy atom. The number of anilines is 1. The summed E-state index contributed by atoms with van der Waals surface area (Å²) in [6.45, 7) is 5.68. The standard InChI is InChI=1S/C24H31Cl2N3O4S/c1-5-6-13-27-24(31)18(3)28(15-19-10-8-7-9-17(19)2)23(30)16-29(34(4,32)33)22-14-20(25)11-12-21(22)26/h7-12,14,18H,5-6,13,15-16H2,1-4H3,(H,27,31). The summed E-state index contributed by atoms with van der Waals surface area (Å²) in [5.41, 5.74) is 1.91. The summed E-state index contributed by atoms with van der Waals surface area (Å²) >= 11 is 12.3. The predicted octanol–water partition coefficient (Wildman–Crippen LogP) is 4.40. The van der Waals surface area contributed by atoms with E-state index in [2.05, 4.69) is 5.32 Å². The average molecular weight is 529 g/mol. The normalized spacial score (nSPS) is 12.2. The second-order valence-electron chi connectivity index (χ2n) is 8.13. The van der Waals surface area contributed by atoms with Gasteiger partial charge in [0.2, 0.25) is 21.8 Å². The van der Waals surface area contributed by atoms with Crippen LogP contribution in [0.4, 0.5) is 5.69 Å². The van der Waals surface area contributed by atoms with E-state index in [1.54, 1.807) is 6.92 Å². The van der Waals surface area contributed by atoms with Crippen LogP contribution >= 0.6 is 23.2 Å². The summed E-state index contributed by atoms with van der Waals surface area (Å²) < 4.78 is 26.1. The summed E-state index contributed by atoms with van der Waals surface area (Å²) in [5, 5.41) is 3.26. The van der Waals surface area contributed by atoms with E-state index in [9.17, 15) is 18.0 Å². The maximum absolute atomic E-state index is 13.5. The number of carbonyl (C=O) groups excluding carboxylic acids is 2. The van der Waals surface area contributed by atoms with Crippen LogP contribution in [0.5, 0.6) is 0 Å². The minimum atomic E-state index is -3.89. The lowest BCUT2D eigenvalue weighted by Crippen LogP contribution is -2.51. The van der Waals surface area contributed by atoms with Gasteiger partial charge >= 0.3 is 0 Å². The third kappa shape index (κ3) is 7.61. The molecule has 0 radical (unpaired) electrons. The van der Waals surface area contributed by atoms with Crippen LogP contribution in [0.1, 0.15) is 37.8 Å². The van der Waals surface area contributed by atoms with E-state index in [1.165, 1.54) is 23.1 Å². The molecule has 34 heavy (non-hydrogen) atoms. The monoisotopic (exact) mass is 527 g/mol. The second kappa shape index (κ2) is 12.4. The van der Waals surface area contributed by atoms with Gasteiger partial charge in [-0.25, -0.2) is 8.42 Å². The Balaban J connectivity index is 2.41. The van der Waals surface area contributed by atoms with E-state index >= 15 is 0 Å². The van der Waals surface area contributed by atoms with E-state index in [0.717, 1.165) is 34.5 Å². The fourth-order valence-corrected chi connectivity index (χ4v) is 4.65. The number of halogens is 2. The number of unbranched alkanes of at least 4 members (excludes halogenated alkanes) is 1. The highest BCUT2D eigenvalue weighted by Crippen LogP contribution is 2.31. The average Bonchev–Trinajstić information content (AvgIpc) is 2.77. The van der Waals surface area contributed by atoms with E-state index in [4.69, 9.17) is 23.2 Å². The lowest BCUT2D eigenvalue weighted by Gasteiger charge is -2.32. The number of nitrogens with zero attached hydrogens (tertiary/aromatic N) is 2. The van der Waals surface area contributed by atoms with Crippen molar-refractivity contribution in [1.82, 2.24) is 10.2 Å². The predicted molar refractivity (Wildman–Crippen MR) is 138 cm³/mol. The topological polar surface area (TPSA) is 86.8 Å². The lowest BCUT2D eigenvalue weighted by atomic mass is 10.1. The summed E-state index contributed by atoms with van der Waals surface area (Å²) in [6.07, 6.45) is 2.73. The number of nitrogens with one attached hydrogen (secondary N) is 1. The van der Waals surface area contributed by atoms with Crippen LogP contribution in [0.15, 0.2) is 42.5 Å². The molecule has 2 aromatic rings. The first-order chi connectivity index (χ1) is 16.0. The number of rotatable bonds is 11. The first-order valence-corrected chi connectivity index (χ1v) is 13.6. The highest BCUT2D eigenvalue weighted by atomic mass is 35.5. The molecule has 0 aromatic heterocycles. The van der Waals surface area contributed by atoms with E-state index in [-0.39, 0.29) is 28.2 Å². The van der Waals surface area contributed by atoms with Crippen molar-refractivity contribution in [3.8, 4) is 0 Å². The molecule has 0 aliphatic rings. The largest absolute Gasteiger partial charge is 0.354 e. The molecule has 2 amide bonds. The van der Waals surface area contributed by atoms with Gasteiger partial charge in [0.05, 0.1) is 17.0 Å². The smallest absolute Gasteiger partial charge is 0.244 e. The van der Waals surface area contributed by atoms with Crippen LogP contribution in [0.3, 0.4) is 0 Å². The molecule has 0 saturated heterocycles. The van der Waals surface area contributed by atoms with Gasteiger partial charge in [0.15, 0.2) is 0 Å². The maximum atomic E-state index is 13.5. The molecule has 1 N–H and O–H groups in total. The van der Waals surface area contributed by atoms with Crippen molar-refractivity contribution in [1.29, 1.82) is 0 Å². The van der Waals surface area contributed by atoms with Gasteiger partial charge in [-0.3, -0.25) is 13.9 Å². The zero-order chi connectivity index (χ0) is 25.5. The third-order valence-electron chi connectivity index (χ3n) is 5.45. The number of carbonyl (C=O) groups is 2. The zero-order valence-electron chi connectivity index (χ0n) is 19.8. The Bertz CT molecular complexity index is 1120. The molecule has 0 heterocycles. The first-order valence-electron chi connectivity index (χ1n) is 11.0. The van der Waals surface area contributed by atoms with Crippen molar-refractivity contribution in [2.45, 2.75) is 46.2 Å². The molecule has 186 valence electrons. The molecule has 0 bridgehead atoms. The van der Waals surface area contributed by atoms with Crippen LogP contribution in [0.2, 0.25) is 10.0 Å². The highest BCUT2D eigenvalue weighted by molar-refractivity contribution is 7.92. The molecule has 1 unspecified atom stereocenters. The highest BCUT2D eigenvalue weighted by Gasteiger charge is 2.31. The molecule has 0 aliphatic carbocycles. The molecule has 0 saturated carbocycles. The molecular weight excluding hydrogens is 497 g/mol. The Morgan fingerprint density at radius 3 is 2.41 bits per heavy atom. The maximum Gasteiger partial charge on any atom is 0.244 e. The SMILES string of the molecule is CCCCNC(=O)C(C)N(Cc1ccccc1C)C(=O)CN(c1cc(Cl)ccc1Cl)S(C)(=O)=O. The summed E-state index contributed by atoms with van der Waals surface area (Å²) in [7, 11) is -3.89. The minimum absolute atomic E-state index is 0.0981. The van der Waals surface area contributed by atoms with Gasteiger partial charge in [0.1, 0.15) is 12.6 Å². The van der Waals surface area contributed by atoms with Gasteiger partial charge in [-0.05, 0) is 49.6 Å². The molecule has 0 fully saturated rings. The number of amides is 2. The number of sulfonamides is 1. The molecule has 1 atom stereocenters. The number of benzene rings is 2. The molecule has 2 aromatic carbocycles. The molecule has 0 spiro atoms. The first kappa shape index (κ1) is 28.0. The summed E-state index contributed by atoms with van der Waals surface area (Å²) in [6, 6.07) is 11.1. The Labute approximate surface area is 212 Å². The molecular formula is C24H31Cl2N3O4S. The minimum Gasteiger partial charge on any atom is -0.354 e. The van der Waals surface area contributed by atoms with Gasteiger partial charge in [-0.15, -0.1) is 0 Å². The number of hydrogen-bond donors (Lipinski definition) is 1. The van der Waals surface area contributed by atoms with Gasteiger partial charge in [0.25, 0.3) is 0 Å². The lowest BCUT2D eigenvalue weighted by molar-refractivity contribution is -0.139. The van der Waals surface area contributed by atoms with Gasteiger partial charge in [0, 0.05) is 18.1 Å². The van der Waals surface area contributed by atoms with Crippen molar-refractivity contribution in [2.24, 2.45) is 0 Å². The van der Waals surface area contributed by atoms with Crippen molar-refractivity contribution in [3.63, 3.8) is 0 Å². The van der Waals surface area contributed by atoms with Crippen LogP contribution in [-0.2, 0) is 26.2 Å². The van der Waals surface area contributed by atoms with Crippen molar-refractivity contribution in [2.75, 3.05) is 23.7 Å². The van der Waals surface area contributed by atoms with E-state index < -0.39 is 28.5 Å².